The number of rotatable bonds is 4. The standard InChI is InChI=1S/C21H21N3O3/c25-20(22-13-16-7-4-12-27-16)15-8-10-17-18(11-9-15)23-19(24-21(17)26)14-5-2-1-3-6-14/h1-7,12,15H,8-11,13H2,(H,22,25)(H,23,24,26). The van der Waals surface area contributed by atoms with Gasteiger partial charge in [0.2, 0.25) is 5.91 Å². The van der Waals surface area contributed by atoms with Gasteiger partial charge in [0.05, 0.1) is 18.5 Å². The molecule has 0 radical (unpaired) electrons. The zero-order valence-electron chi connectivity index (χ0n) is 14.9. The van der Waals surface area contributed by atoms with E-state index in [1.165, 1.54) is 0 Å². The molecule has 0 spiro atoms. The van der Waals surface area contributed by atoms with Crippen molar-refractivity contribution in [3.63, 3.8) is 0 Å². The first-order valence-electron chi connectivity index (χ1n) is 9.18. The van der Waals surface area contributed by atoms with Crippen LogP contribution in [-0.4, -0.2) is 15.9 Å². The summed E-state index contributed by atoms with van der Waals surface area (Å²) in [6.07, 6.45) is 4.10. The number of aryl methyl sites for hydroxylation is 1. The Labute approximate surface area is 156 Å². The number of fused-ring (bicyclic) bond motifs is 1. The lowest BCUT2D eigenvalue weighted by molar-refractivity contribution is -0.125. The molecule has 0 fully saturated rings. The lowest BCUT2D eigenvalue weighted by Gasteiger charge is -2.13. The average molecular weight is 363 g/mol. The molecule has 2 aromatic heterocycles. The number of aromatic nitrogens is 2. The Hall–Kier alpha value is -3.15. The van der Waals surface area contributed by atoms with Crippen molar-refractivity contribution in [2.45, 2.75) is 32.2 Å². The summed E-state index contributed by atoms with van der Waals surface area (Å²) in [7, 11) is 0. The fraction of sp³-hybridized carbons (Fsp3) is 0.286. The summed E-state index contributed by atoms with van der Waals surface area (Å²) in [4.78, 5) is 32.6. The van der Waals surface area contributed by atoms with E-state index < -0.39 is 0 Å². The summed E-state index contributed by atoms with van der Waals surface area (Å²) in [6, 6.07) is 13.2. The number of H-pyrrole nitrogens is 1. The number of amides is 1. The zero-order chi connectivity index (χ0) is 18.6. The highest BCUT2D eigenvalue weighted by molar-refractivity contribution is 5.78. The van der Waals surface area contributed by atoms with Crippen molar-refractivity contribution in [1.29, 1.82) is 0 Å². The first-order valence-corrected chi connectivity index (χ1v) is 9.18. The molecular weight excluding hydrogens is 342 g/mol. The molecule has 1 unspecified atom stereocenters. The highest BCUT2D eigenvalue weighted by Gasteiger charge is 2.25. The molecule has 1 aliphatic carbocycles. The van der Waals surface area contributed by atoms with E-state index in [1.807, 2.05) is 36.4 Å². The summed E-state index contributed by atoms with van der Waals surface area (Å²) < 4.78 is 5.25. The van der Waals surface area contributed by atoms with Crippen LogP contribution in [0.15, 0.2) is 57.9 Å². The van der Waals surface area contributed by atoms with E-state index in [1.54, 1.807) is 12.3 Å². The van der Waals surface area contributed by atoms with Crippen molar-refractivity contribution in [2.75, 3.05) is 0 Å². The van der Waals surface area contributed by atoms with Crippen molar-refractivity contribution in [3.8, 4) is 11.4 Å². The first-order chi connectivity index (χ1) is 13.2. The lowest BCUT2D eigenvalue weighted by Crippen LogP contribution is -2.30. The van der Waals surface area contributed by atoms with E-state index in [2.05, 4.69) is 15.3 Å². The second-order valence-electron chi connectivity index (χ2n) is 6.78. The van der Waals surface area contributed by atoms with Crippen LogP contribution in [0.5, 0.6) is 0 Å². The molecule has 0 bridgehead atoms. The Bertz CT molecular complexity index is 978. The summed E-state index contributed by atoms with van der Waals surface area (Å²) in [5, 5.41) is 2.92. The molecule has 1 aromatic carbocycles. The van der Waals surface area contributed by atoms with Gasteiger partial charge >= 0.3 is 0 Å². The molecule has 4 rings (SSSR count). The summed E-state index contributed by atoms with van der Waals surface area (Å²) in [5.41, 5.74) is 2.29. The molecule has 0 saturated carbocycles. The maximum atomic E-state index is 12.6. The molecule has 1 atom stereocenters. The van der Waals surface area contributed by atoms with Crippen LogP contribution in [0.4, 0.5) is 0 Å². The van der Waals surface area contributed by atoms with Gasteiger partial charge in [0.25, 0.3) is 5.56 Å². The maximum absolute atomic E-state index is 12.6. The molecule has 3 aromatic rings. The van der Waals surface area contributed by atoms with E-state index in [-0.39, 0.29) is 17.4 Å². The number of furan rings is 1. The smallest absolute Gasteiger partial charge is 0.254 e. The molecular formula is C21H21N3O3. The molecule has 27 heavy (non-hydrogen) atoms. The Balaban J connectivity index is 1.48. The monoisotopic (exact) mass is 363 g/mol. The Kier molecular flexibility index (Phi) is 4.87. The predicted molar refractivity (Wildman–Crippen MR) is 101 cm³/mol. The average Bonchev–Trinajstić information content (AvgIpc) is 3.12. The van der Waals surface area contributed by atoms with Gasteiger partial charge < -0.3 is 14.7 Å². The highest BCUT2D eigenvalue weighted by Crippen LogP contribution is 2.23. The minimum atomic E-state index is -0.131. The van der Waals surface area contributed by atoms with Crippen LogP contribution in [0.3, 0.4) is 0 Å². The second kappa shape index (κ2) is 7.61. The second-order valence-corrected chi connectivity index (χ2v) is 6.78. The lowest BCUT2D eigenvalue weighted by atomic mass is 9.99. The molecule has 0 aliphatic heterocycles. The van der Waals surface area contributed by atoms with Crippen molar-refractivity contribution in [1.82, 2.24) is 15.3 Å². The SMILES string of the molecule is O=C(NCc1ccco1)C1CCc2nc(-c3ccccc3)[nH]c(=O)c2CC1. The third-order valence-electron chi connectivity index (χ3n) is 5.01. The van der Waals surface area contributed by atoms with E-state index in [0.717, 1.165) is 17.0 Å². The number of carbonyl (C=O) groups is 1. The van der Waals surface area contributed by atoms with Crippen LogP contribution in [0, 0.1) is 5.92 Å². The van der Waals surface area contributed by atoms with Crippen LogP contribution in [0.2, 0.25) is 0 Å². The quantitative estimate of drug-likeness (QED) is 0.698. The topological polar surface area (TPSA) is 88.0 Å². The molecule has 2 N–H and O–H groups in total. The largest absolute Gasteiger partial charge is 0.467 e. The van der Waals surface area contributed by atoms with Crippen LogP contribution in [-0.2, 0) is 24.2 Å². The number of hydrogen-bond donors (Lipinski definition) is 2. The minimum absolute atomic E-state index is 0.00100. The molecule has 2 heterocycles. The van der Waals surface area contributed by atoms with E-state index in [9.17, 15) is 9.59 Å². The zero-order valence-corrected chi connectivity index (χ0v) is 14.9. The molecule has 1 aliphatic rings. The molecule has 0 saturated heterocycles. The fourth-order valence-electron chi connectivity index (χ4n) is 3.51. The van der Waals surface area contributed by atoms with Gasteiger partial charge in [-0.3, -0.25) is 9.59 Å². The first kappa shape index (κ1) is 17.3. The van der Waals surface area contributed by atoms with Gasteiger partial charge in [0.1, 0.15) is 11.6 Å². The van der Waals surface area contributed by atoms with Crippen molar-refractivity contribution in [2.24, 2.45) is 5.92 Å². The highest BCUT2D eigenvalue weighted by atomic mass is 16.3. The minimum Gasteiger partial charge on any atom is -0.467 e. The summed E-state index contributed by atoms with van der Waals surface area (Å²) in [6.45, 7) is 0.381. The number of benzene rings is 1. The third kappa shape index (κ3) is 3.84. The van der Waals surface area contributed by atoms with E-state index in [0.29, 0.717) is 43.6 Å². The molecule has 6 nitrogen and oxygen atoms in total. The molecule has 1 amide bonds. The normalized spacial score (nSPS) is 16.4. The van der Waals surface area contributed by atoms with Gasteiger partial charge in [-0.15, -0.1) is 0 Å². The van der Waals surface area contributed by atoms with Gasteiger partial charge in [0.15, 0.2) is 0 Å². The van der Waals surface area contributed by atoms with Crippen LogP contribution in [0.1, 0.15) is 29.9 Å². The Morgan fingerprint density at radius 3 is 2.74 bits per heavy atom. The maximum Gasteiger partial charge on any atom is 0.254 e. The number of carbonyl (C=O) groups excluding carboxylic acids is 1. The molecule has 6 heteroatoms. The third-order valence-corrected chi connectivity index (χ3v) is 5.01. The van der Waals surface area contributed by atoms with Gasteiger partial charge in [-0.05, 0) is 37.8 Å². The fourth-order valence-corrected chi connectivity index (χ4v) is 3.51. The van der Waals surface area contributed by atoms with Gasteiger partial charge in [-0.25, -0.2) is 4.98 Å². The number of nitrogens with zero attached hydrogens (tertiary/aromatic N) is 1. The van der Waals surface area contributed by atoms with Gasteiger partial charge in [-0.1, -0.05) is 30.3 Å². The van der Waals surface area contributed by atoms with Crippen LogP contribution >= 0.6 is 0 Å². The van der Waals surface area contributed by atoms with Crippen molar-refractivity contribution >= 4 is 5.91 Å². The van der Waals surface area contributed by atoms with Crippen molar-refractivity contribution in [3.05, 3.63) is 76.1 Å². The number of nitrogens with one attached hydrogen (secondary N) is 2. The predicted octanol–water partition coefficient (Wildman–Crippen LogP) is 2.84. The molecule has 138 valence electrons. The van der Waals surface area contributed by atoms with E-state index >= 15 is 0 Å². The number of hydrogen-bond acceptors (Lipinski definition) is 4. The van der Waals surface area contributed by atoms with Crippen LogP contribution in [0.25, 0.3) is 11.4 Å². The van der Waals surface area contributed by atoms with E-state index in [4.69, 9.17) is 4.42 Å². The van der Waals surface area contributed by atoms with Gasteiger partial charge in [0, 0.05) is 17.0 Å². The van der Waals surface area contributed by atoms with Crippen LogP contribution < -0.4 is 10.9 Å². The summed E-state index contributed by atoms with van der Waals surface area (Å²) >= 11 is 0. The Morgan fingerprint density at radius 2 is 1.96 bits per heavy atom. The van der Waals surface area contributed by atoms with Gasteiger partial charge in [-0.2, -0.15) is 0 Å². The van der Waals surface area contributed by atoms with Crippen molar-refractivity contribution < 1.29 is 9.21 Å². The Morgan fingerprint density at radius 1 is 1.15 bits per heavy atom. The summed E-state index contributed by atoms with van der Waals surface area (Å²) in [5.74, 6) is 1.18. The number of aromatic amines is 1.